The standard InChI is InChI=1S/C23H22N4O3/c1-14-12-24-13-15(2)21(14)22-23(27-19(26-22)5-4-6-20(27)28-3)25-16-7-8-17-18(11-16)30-10-9-29-17/h4-8,11-13,25H,9-10H2,1-3H3. The SMILES string of the molecule is COc1cccc2nc(-c3c(C)cncc3C)c(Nc3ccc4c(c3)OCCO4)n12. The topological polar surface area (TPSA) is 69.9 Å². The van der Waals surface area contributed by atoms with Crippen LogP contribution in [0, 0.1) is 13.8 Å². The molecule has 4 aromatic rings. The molecule has 152 valence electrons. The van der Waals surface area contributed by atoms with Crippen LogP contribution in [0.15, 0.2) is 48.8 Å². The minimum Gasteiger partial charge on any atom is -0.486 e. The van der Waals surface area contributed by atoms with E-state index in [-0.39, 0.29) is 0 Å². The first-order valence-corrected chi connectivity index (χ1v) is 9.79. The van der Waals surface area contributed by atoms with E-state index in [0.717, 1.165) is 51.0 Å². The molecule has 1 aliphatic rings. The third kappa shape index (κ3) is 2.99. The number of anilines is 2. The molecule has 0 atom stereocenters. The van der Waals surface area contributed by atoms with E-state index in [2.05, 4.69) is 10.3 Å². The molecule has 0 fully saturated rings. The lowest BCUT2D eigenvalue weighted by molar-refractivity contribution is 0.171. The van der Waals surface area contributed by atoms with Crippen molar-refractivity contribution >= 4 is 17.2 Å². The number of aromatic nitrogens is 3. The van der Waals surface area contributed by atoms with Crippen molar-refractivity contribution in [2.24, 2.45) is 0 Å². The molecule has 7 heteroatoms. The summed E-state index contributed by atoms with van der Waals surface area (Å²) in [6.45, 7) is 5.20. The first-order valence-electron chi connectivity index (χ1n) is 9.79. The predicted molar refractivity (Wildman–Crippen MR) is 115 cm³/mol. The first-order chi connectivity index (χ1) is 14.7. The van der Waals surface area contributed by atoms with Gasteiger partial charge in [-0.15, -0.1) is 0 Å². The van der Waals surface area contributed by atoms with Crippen LogP contribution in [0.1, 0.15) is 11.1 Å². The highest BCUT2D eigenvalue weighted by Crippen LogP contribution is 2.39. The summed E-state index contributed by atoms with van der Waals surface area (Å²) in [5, 5.41) is 3.54. The van der Waals surface area contributed by atoms with Crippen LogP contribution in [0.2, 0.25) is 0 Å². The van der Waals surface area contributed by atoms with Crippen molar-refractivity contribution in [3.63, 3.8) is 0 Å². The maximum atomic E-state index is 5.75. The summed E-state index contributed by atoms with van der Waals surface area (Å²) in [7, 11) is 1.66. The Morgan fingerprint density at radius 2 is 1.77 bits per heavy atom. The van der Waals surface area contributed by atoms with Crippen LogP contribution in [0.3, 0.4) is 0 Å². The number of imidazole rings is 1. The Labute approximate surface area is 174 Å². The monoisotopic (exact) mass is 402 g/mol. The Morgan fingerprint density at radius 1 is 1.00 bits per heavy atom. The molecule has 3 aromatic heterocycles. The maximum absolute atomic E-state index is 5.75. The second-order valence-electron chi connectivity index (χ2n) is 7.20. The largest absolute Gasteiger partial charge is 0.486 e. The Morgan fingerprint density at radius 3 is 2.53 bits per heavy atom. The van der Waals surface area contributed by atoms with Crippen molar-refractivity contribution in [2.75, 3.05) is 25.6 Å². The molecule has 1 N–H and O–H groups in total. The van der Waals surface area contributed by atoms with Gasteiger partial charge in [0, 0.05) is 29.7 Å². The number of nitrogens with zero attached hydrogens (tertiary/aromatic N) is 3. The molecule has 0 unspecified atom stereocenters. The van der Waals surface area contributed by atoms with Gasteiger partial charge in [0.2, 0.25) is 5.88 Å². The normalized spacial score (nSPS) is 12.8. The summed E-state index contributed by atoms with van der Waals surface area (Å²) in [6, 6.07) is 11.6. The average Bonchev–Trinajstić information content (AvgIpc) is 3.11. The van der Waals surface area contributed by atoms with Gasteiger partial charge in [-0.1, -0.05) is 6.07 Å². The highest BCUT2D eigenvalue weighted by atomic mass is 16.6. The fourth-order valence-electron chi connectivity index (χ4n) is 3.84. The predicted octanol–water partition coefficient (Wildman–Crippen LogP) is 4.54. The Kier molecular flexibility index (Phi) is 4.43. The molecular formula is C23H22N4O3. The second kappa shape index (κ2) is 7.26. The summed E-state index contributed by atoms with van der Waals surface area (Å²) >= 11 is 0. The van der Waals surface area contributed by atoms with Crippen LogP contribution in [-0.4, -0.2) is 34.7 Å². The summed E-state index contributed by atoms with van der Waals surface area (Å²) in [6.07, 6.45) is 3.72. The van der Waals surface area contributed by atoms with Crippen LogP contribution in [-0.2, 0) is 0 Å². The molecular weight excluding hydrogens is 380 g/mol. The van der Waals surface area contributed by atoms with Crippen LogP contribution >= 0.6 is 0 Å². The number of hydrogen-bond donors (Lipinski definition) is 1. The Balaban J connectivity index is 1.71. The first kappa shape index (κ1) is 18.3. The van der Waals surface area contributed by atoms with E-state index in [1.807, 2.05) is 67.0 Å². The molecule has 0 bridgehead atoms. The number of fused-ring (bicyclic) bond motifs is 2. The van der Waals surface area contributed by atoms with Crippen molar-refractivity contribution in [3.8, 4) is 28.6 Å². The molecule has 0 saturated carbocycles. The average molecular weight is 402 g/mol. The second-order valence-corrected chi connectivity index (χ2v) is 7.20. The smallest absolute Gasteiger partial charge is 0.200 e. The minimum absolute atomic E-state index is 0.542. The summed E-state index contributed by atoms with van der Waals surface area (Å²) in [5.74, 6) is 2.99. The lowest BCUT2D eigenvalue weighted by Gasteiger charge is -2.19. The van der Waals surface area contributed by atoms with Crippen LogP contribution in [0.25, 0.3) is 16.9 Å². The Hall–Kier alpha value is -3.74. The Bertz CT molecular complexity index is 1230. The fourth-order valence-corrected chi connectivity index (χ4v) is 3.84. The van der Waals surface area contributed by atoms with Gasteiger partial charge in [-0.3, -0.25) is 4.98 Å². The van der Waals surface area contributed by atoms with E-state index in [9.17, 15) is 0 Å². The third-order valence-corrected chi connectivity index (χ3v) is 5.18. The van der Waals surface area contributed by atoms with Crippen LogP contribution in [0.5, 0.6) is 17.4 Å². The highest BCUT2D eigenvalue weighted by molar-refractivity contribution is 5.83. The minimum atomic E-state index is 0.542. The van der Waals surface area contributed by atoms with E-state index in [1.165, 1.54) is 0 Å². The van der Waals surface area contributed by atoms with Gasteiger partial charge in [0.1, 0.15) is 30.4 Å². The zero-order chi connectivity index (χ0) is 20.7. The number of nitrogens with one attached hydrogen (secondary N) is 1. The van der Waals surface area contributed by atoms with Crippen LogP contribution in [0.4, 0.5) is 11.5 Å². The van der Waals surface area contributed by atoms with Gasteiger partial charge in [-0.2, -0.15) is 0 Å². The number of pyridine rings is 2. The van der Waals surface area contributed by atoms with Gasteiger partial charge in [0.25, 0.3) is 0 Å². The van der Waals surface area contributed by atoms with Gasteiger partial charge in [-0.25, -0.2) is 9.38 Å². The van der Waals surface area contributed by atoms with Gasteiger partial charge in [0.15, 0.2) is 11.5 Å². The number of methoxy groups -OCH3 is 1. The molecule has 7 nitrogen and oxygen atoms in total. The van der Waals surface area contributed by atoms with Crippen molar-refractivity contribution in [3.05, 3.63) is 59.9 Å². The molecule has 0 spiro atoms. The van der Waals surface area contributed by atoms with Crippen molar-refractivity contribution in [2.45, 2.75) is 13.8 Å². The van der Waals surface area contributed by atoms with E-state index in [1.54, 1.807) is 7.11 Å². The number of aryl methyl sites for hydroxylation is 2. The molecule has 0 aliphatic carbocycles. The van der Waals surface area contributed by atoms with E-state index in [0.29, 0.717) is 19.1 Å². The van der Waals surface area contributed by atoms with Crippen molar-refractivity contribution < 1.29 is 14.2 Å². The molecule has 1 aromatic carbocycles. The molecule has 5 rings (SSSR count). The number of hydrogen-bond acceptors (Lipinski definition) is 6. The number of benzene rings is 1. The molecule has 1 aliphatic heterocycles. The van der Waals surface area contributed by atoms with Crippen molar-refractivity contribution in [1.29, 1.82) is 0 Å². The summed E-state index contributed by atoms with van der Waals surface area (Å²) in [4.78, 5) is 9.24. The molecule has 4 heterocycles. The quantitative estimate of drug-likeness (QED) is 0.541. The number of ether oxygens (including phenoxy) is 3. The molecule has 0 saturated heterocycles. The zero-order valence-electron chi connectivity index (χ0n) is 17.1. The van der Waals surface area contributed by atoms with E-state index < -0.39 is 0 Å². The zero-order valence-corrected chi connectivity index (χ0v) is 17.1. The van der Waals surface area contributed by atoms with Gasteiger partial charge in [0.05, 0.1) is 7.11 Å². The lowest BCUT2D eigenvalue weighted by atomic mass is 10.0. The lowest BCUT2D eigenvalue weighted by Crippen LogP contribution is -2.15. The molecule has 30 heavy (non-hydrogen) atoms. The summed E-state index contributed by atoms with van der Waals surface area (Å²) < 4.78 is 19.0. The highest BCUT2D eigenvalue weighted by Gasteiger charge is 2.21. The molecule has 0 amide bonds. The maximum Gasteiger partial charge on any atom is 0.200 e. The molecule has 0 radical (unpaired) electrons. The van der Waals surface area contributed by atoms with Crippen LogP contribution < -0.4 is 19.5 Å². The van der Waals surface area contributed by atoms with Gasteiger partial charge in [-0.05, 0) is 49.2 Å². The van der Waals surface area contributed by atoms with Crippen molar-refractivity contribution in [1.82, 2.24) is 14.4 Å². The third-order valence-electron chi connectivity index (χ3n) is 5.18. The fraction of sp³-hybridized carbons (Fsp3) is 0.217. The van der Waals surface area contributed by atoms with Gasteiger partial charge < -0.3 is 19.5 Å². The van der Waals surface area contributed by atoms with E-state index >= 15 is 0 Å². The van der Waals surface area contributed by atoms with E-state index in [4.69, 9.17) is 19.2 Å². The van der Waals surface area contributed by atoms with Gasteiger partial charge >= 0.3 is 0 Å². The number of rotatable bonds is 4. The summed E-state index contributed by atoms with van der Waals surface area (Å²) in [5.41, 5.74) is 5.67.